The molecule has 1 heterocycles. The van der Waals surface area contributed by atoms with Crippen molar-refractivity contribution in [2.24, 2.45) is 0 Å². The summed E-state index contributed by atoms with van der Waals surface area (Å²) >= 11 is 0. The lowest BCUT2D eigenvalue weighted by Gasteiger charge is -2.04. The van der Waals surface area contributed by atoms with Crippen LogP contribution in [0.5, 0.6) is 0 Å². The molecular weight excluding hydrogens is 166 g/mol. The van der Waals surface area contributed by atoms with Gasteiger partial charge in [-0.2, -0.15) is 5.10 Å². The lowest BCUT2D eigenvalue weighted by atomic mass is 10.4. The molecule has 0 saturated carbocycles. The Morgan fingerprint density at radius 3 is 3.00 bits per heavy atom. The van der Waals surface area contributed by atoms with Gasteiger partial charge in [-0.3, -0.25) is 4.79 Å². The van der Waals surface area contributed by atoms with Crippen molar-refractivity contribution in [3.05, 3.63) is 28.2 Å². The van der Waals surface area contributed by atoms with Crippen LogP contribution in [0.25, 0.3) is 0 Å². The number of nitrogens with zero attached hydrogens (tertiary/aromatic N) is 2. The van der Waals surface area contributed by atoms with E-state index in [9.17, 15) is 4.79 Å². The minimum atomic E-state index is -0.0384. The Kier molecular flexibility index (Phi) is 3.64. The number of aryl methyl sites for hydroxylation is 1. The normalized spacial score (nSPS) is 10.3. The summed E-state index contributed by atoms with van der Waals surface area (Å²) in [5, 5.41) is 7.25. The zero-order chi connectivity index (χ0) is 9.68. The summed E-state index contributed by atoms with van der Waals surface area (Å²) in [4.78, 5) is 11.2. The lowest BCUT2D eigenvalue weighted by molar-refractivity contribution is 0.535. The minimum Gasteiger partial charge on any atom is -0.315 e. The molecule has 0 atom stereocenters. The second-order valence-corrected chi connectivity index (χ2v) is 2.89. The molecule has 0 aliphatic carbocycles. The van der Waals surface area contributed by atoms with Crippen molar-refractivity contribution in [1.29, 1.82) is 0 Å². The standard InChI is InChI=1S/C9H15N3O/c1-3-10-6-7-12-9(13)5-4-8(2)11-12/h4-5,10H,3,6-7H2,1-2H3. The number of rotatable bonds is 4. The summed E-state index contributed by atoms with van der Waals surface area (Å²) in [5.74, 6) is 0. The molecule has 13 heavy (non-hydrogen) atoms. The van der Waals surface area contributed by atoms with Crippen LogP contribution in [0.2, 0.25) is 0 Å². The van der Waals surface area contributed by atoms with E-state index in [-0.39, 0.29) is 5.56 Å². The second kappa shape index (κ2) is 4.77. The van der Waals surface area contributed by atoms with Crippen LogP contribution in [0.4, 0.5) is 0 Å². The number of nitrogens with one attached hydrogen (secondary N) is 1. The summed E-state index contributed by atoms with van der Waals surface area (Å²) in [5.41, 5.74) is 0.833. The van der Waals surface area contributed by atoms with Crippen molar-refractivity contribution in [3.63, 3.8) is 0 Å². The predicted molar refractivity (Wildman–Crippen MR) is 51.8 cm³/mol. The highest BCUT2D eigenvalue weighted by atomic mass is 16.1. The van der Waals surface area contributed by atoms with Gasteiger partial charge in [-0.05, 0) is 19.5 Å². The molecular formula is C9H15N3O. The molecule has 0 saturated heterocycles. The number of hydrogen-bond donors (Lipinski definition) is 1. The molecule has 0 aliphatic rings. The maximum atomic E-state index is 11.2. The summed E-state index contributed by atoms with van der Waals surface area (Å²) in [6.07, 6.45) is 0. The average Bonchev–Trinajstić information content (AvgIpc) is 2.11. The van der Waals surface area contributed by atoms with Crippen LogP contribution in [0.3, 0.4) is 0 Å². The van der Waals surface area contributed by atoms with Gasteiger partial charge < -0.3 is 5.32 Å². The predicted octanol–water partition coefficient (Wildman–Crippen LogP) is 0.161. The van der Waals surface area contributed by atoms with Gasteiger partial charge in [0.15, 0.2) is 0 Å². The van der Waals surface area contributed by atoms with Gasteiger partial charge in [0.1, 0.15) is 0 Å². The molecule has 4 nitrogen and oxygen atoms in total. The SMILES string of the molecule is CCNCCn1nc(C)ccc1=O. The highest BCUT2D eigenvalue weighted by Gasteiger charge is 1.95. The molecule has 1 N–H and O–H groups in total. The van der Waals surface area contributed by atoms with Gasteiger partial charge in [0.2, 0.25) is 0 Å². The third-order valence-electron chi connectivity index (χ3n) is 1.75. The molecule has 0 spiro atoms. The topological polar surface area (TPSA) is 46.9 Å². The van der Waals surface area contributed by atoms with Gasteiger partial charge in [0.25, 0.3) is 5.56 Å². The van der Waals surface area contributed by atoms with E-state index in [1.807, 2.05) is 13.8 Å². The zero-order valence-electron chi connectivity index (χ0n) is 8.08. The molecule has 1 rings (SSSR count). The van der Waals surface area contributed by atoms with Crippen molar-refractivity contribution in [2.75, 3.05) is 13.1 Å². The van der Waals surface area contributed by atoms with Crippen molar-refractivity contribution < 1.29 is 0 Å². The first-order chi connectivity index (χ1) is 6.24. The first-order valence-electron chi connectivity index (χ1n) is 4.49. The third-order valence-corrected chi connectivity index (χ3v) is 1.75. The Balaban J connectivity index is 2.65. The van der Waals surface area contributed by atoms with Crippen molar-refractivity contribution in [2.45, 2.75) is 20.4 Å². The fourth-order valence-corrected chi connectivity index (χ4v) is 1.07. The highest BCUT2D eigenvalue weighted by Crippen LogP contribution is 1.84. The molecule has 72 valence electrons. The van der Waals surface area contributed by atoms with E-state index >= 15 is 0 Å². The fourth-order valence-electron chi connectivity index (χ4n) is 1.07. The summed E-state index contributed by atoms with van der Waals surface area (Å²) < 4.78 is 1.48. The Labute approximate surface area is 77.6 Å². The Bertz CT molecular complexity index is 319. The summed E-state index contributed by atoms with van der Waals surface area (Å²) in [7, 11) is 0. The monoisotopic (exact) mass is 181 g/mol. The van der Waals surface area contributed by atoms with Gasteiger partial charge in [-0.25, -0.2) is 4.68 Å². The van der Waals surface area contributed by atoms with Crippen LogP contribution in [0.1, 0.15) is 12.6 Å². The zero-order valence-corrected chi connectivity index (χ0v) is 8.08. The van der Waals surface area contributed by atoms with E-state index in [0.29, 0.717) is 6.54 Å². The van der Waals surface area contributed by atoms with Gasteiger partial charge in [-0.1, -0.05) is 6.92 Å². The van der Waals surface area contributed by atoms with Crippen LogP contribution in [-0.4, -0.2) is 22.9 Å². The van der Waals surface area contributed by atoms with Crippen molar-refractivity contribution in [1.82, 2.24) is 15.1 Å². The molecule has 0 aliphatic heterocycles. The van der Waals surface area contributed by atoms with Crippen LogP contribution in [-0.2, 0) is 6.54 Å². The van der Waals surface area contributed by atoms with Crippen LogP contribution in [0.15, 0.2) is 16.9 Å². The lowest BCUT2D eigenvalue weighted by Crippen LogP contribution is -2.28. The largest absolute Gasteiger partial charge is 0.315 e. The molecule has 1 aromatic rings. The third kappa shape index (κ3) is 2.99. The van der Waals surface area contributed by atoms with E-state index in [4.69, 9.17) is 0 Å². The van der Waals surface area contributed by atoms with E-state index in [1.165, 1.54) is 4.68 Å². The van der Waals surface area contributed by atoms with Gasteiger partial charge >= 0.3 is 0 Å². The van der Waals surface area contributed by atoms with Crippen molar-refractivity contribution in [3.8, 4) is 0 Å². The summed E-state index contributed by atoms with van der Waals surface area (Å²) in [6, 6.07) is 3.28. The van der Waals surface area contributed by atoms with Crippen LogP contribution in [0, 0.1) is 6.92 Å². The van der Waals surface area contributed by atoms with Gasteiger partial charge in [0.05, 0.1) is 12.2 Å². The molecule has 0 fully saturated rings. The average molecular weight is 181 g/mol. The molecule has 0 radical (unpaired) electrons. The summed E-state index contributed by atoms with van der Waals surface area (Å²) in [6.45, 7) is 6.25. The minimum absolute atomic E-state index is 0.0384. The second-order valence-electron chi connectivity index (χ2n) is 2.89. The maximum Gasteiger partial charge on any atom is 0.266 e. The molecule has 0 aromatic carbocycles. The van der Waals surface area contributed by atoms with E-state index in [2.05, 4.69) is 10.4 Å². The number of aromatic nitrogens is 2. The van der Waals surface area contributed by atoms with Crippen LogP contribution < -0.4 is 10.9 Å². The molecule has 4 heteroatoms. The fraction of sp³-hybridized carbons (Fsp3) is 0.556. The Hall–Kier alpha value is -1.16. The Morgan fingerprint density at radius 2 is 2.31 bits per heavy atom. The number of likely N-dealkylation sites (N-methyl/N-ethyl adjacent to an activating group) is 1. The van der Waals surface area contributed by atoms with E-state index in [0.717, 1.165) is 18.8 Å². The molecule has 1 aromatic heterocycles. The molecule has 0 unspecified atom stereocenters. The highest BCUT2D eigenvalue weighted by molar-refractivity contribution is 4.96. The Morgan fingerprint density at radius 1 is 1.54 bits per heavy atom. The van der Waals surface area contributed by atoms with Gasteiger partial charge in [0, 0.05) is 12.6 Å². The van der Waals surface area contributed by atoms with Crippen molar-refractivity contribution >= 4 is 0 Å². The van der Waals surface area contributed by atoms with Crippen LogP contribution >= 0.6 is 0 Å². The van der Waals surface area contributed by atoms with Gasteiger partial charge in [-0.15, -0.1) is 0 Å². The van der Waals surface area contributed by atoms with E-state index < -0.39 is 0 Å². The maximum absolute atomic E-state index is 11.2. The molecule has 0 bridgehead atoms. The first kappa shape index (κ1) is 9.92. The quantitative estimate of drug-likeness (QED) is 0.673. The smallest absolute Gasteiger partial charge is 0.266 e. The molecule has 0 amide bonds. The number of hydrogen-bond acceptors (Lipinski definition) is 3. The first-order valence-corrected chi connectivity index (χ1v) is 4.49. The van der Waals surface area contributed by atoms with E-state index in [1.54, 1.807) is 12.1 Å².